The molecule has 1 atom stereocenters. The van der Waals surface area contributed by atoms with Crippen LogP contribution in [0.4, 0.5) is 0 Å². The lowest BCUT2D eigenvalue weighted by atomic mass is 10.2. The molecule has 1 saturated heterocycles. The van der Waals surface area contributed by atoms with Gasteiger partial charge in [-0.3, -0.25) is 4.79 Å². The van der Waals surface area contributed by atoms with Gasteiger partial charge in [0.15, 0.2) is 0 Å². The number of hydrogen-bond acceptors (Lipinski definition) is 3. The highest BCUT2D eigenvalue weighted by molar-refractivity contribution is 7.88. The Morgan fingerprint density at radius 2 is 2.21 bits per heavy atom. The summed E-state index contributed by atoms with van der Waals surface area (Å²) in [6.45, 7) is 2.29. The molecular weight excluding hydrogens is 264 g/mol. The third kappa shape index (κ3) is 3.13. The largest absolute Gasteiger partial charge is 0.368 e. The van der Waals surface area contributed by atoms with Gasteiger partial charge in [-0.1, -0.05) is 29.8 Å². The van der Waals surface area contributed by atoms with Gasteiger partial charge in [-0.25, -0.2) is 8.42 Å². The van der Waals surface area contributed by atoms with Crippen LogP contribution in [0.3, 0.4) is 0 Å². The molecule has 1 aliphatic heterocycles. The molecule has 1 aliphatic rings. The van der Waals surface area contributed by atoms with Crippen LogP contribution in [-0.4, -0.2) is 31.2 Å². The molecular formula is C13H18N2O3S. The van der Waals surface area contributed by atoms with E-state index in [4.69, 9.17) is 5.73 Å². The Morgan fingerprint density at radius 3 is 2.84 bits per heavy atom. The summed E-state index contributed by atoms with van der Waals surface area (Å²) >= 11 is 0. The zero-order chi connectivity index (χ0) is 14.0. The van der Waals surface area contributed by atoms with Crippen molar-refractivity contribution in [2.24, 2.45) is 5.73 Å². The molecule has 0 aliphatic carbocycles. The van der Waals surface area contributed by atoms with Crippen LogP contribution in [0.2, 0.25) is 0 Å². The van der Waals surface area contributed by atoms with Crippen LogP contribution in [-0.2, 0) is 20.6 Å². The Morgan fingerprint density at radius 1 is 1.47 bits per heavy atom. The zero-order valence-corrected chi connectivity index (χ0v) is 11.7. The summed E-state index contributed by atoms with van der Waals surface area (Å²) in [7, 11) is -3.49. The van der Waals surface area contributed by atoms with E-state index in [-0.39, 0.29) is 5.75 Å². The third-order valence-corrected chi connectivity index (χ3v) is 5.17. The predicted octanol–water partition coefficient (Wildman–Crippen LogP) is 0.775. The Balaban J connectivity index is 2.21. The molecule has 19 heavy (non-hydrogen) atoms. The summed E-state index contributed by atoms with van der Waals surface area (Å²) in [4.78, 5) is 11.3. The van der Waals surface area contributed by atoms with E-state index in [0.29, 0.717) is 19.4 Å². The molecule has 0 saturated carbocycles. The van der Waals surface area contributed by atoms with Crippen LogP contribution >= 0.6 is 0 Å². The number of sulfonamides is 1. The molecule has 1 heterocycles. The number of aryl methyl sites for hydroxylation is 1. The number of hydrogen-bond donors (Lipinski definition) is 1. The summed E-state index contributed by atoms with van der Waals surface area (Å²) in [5.74, 6) is -0.649. The molecule has 6 heteroatoms. The van der Waals surface area contributed by atoms with E-state index in [9.17, 15) is 13.2 Å². The average Bonchev–Trinajstić information content (AvgIpc) is 2.77. The third-order valence-electron chi connectivity index (χ3n) is 3.32. The highest BCUT2D eigenvalue weighted by atomic mass is 32.2. The van der Waals surface area contributed by atoms with E-state index in [1.165, 1.54) is 4.31 Å². The minimum atomic E-state index is -3.49. The van der Waals surface area contributed by atoms with Crippen LogP contribution in [0.1, 0.15) is 24.0 Å². The predicted molar refractivity (Wildman–Crippen MR) is 72.7 cm³/mol. The maximum absolute atomic E-state index is 12.3. The fourth-order valence-corrected chi connectivity index (χ4v) is 4.22. The first-order valence-electron chi connectivity index (χ1n) is 6.24. The van der Waals surface area contributed by atoms with E-state index in [0.717, 1.165) is 11.1 Å². The lowest BCUT2D eigenvalue weighted by Gasteiger charge is -2.21. The smallest absolute Gasteiger partial charge is 0.235 e. The topological polar surface area (TPSA) is 80.5 Å². The second-order valence-corrected chi connectivity index (χ2v) is 6.84. The van der Waals surface area contributed by atoms with Crippen LogP contribution < -0.4 is 5.73 Å². The number of amides is 1. The first kappa shape index (κ1) is 14.0. The van der Waals surface area contributed by atoms with Crippen LogP contribution in [0.15, 0.2) is 24.3 Å². The number of carbonyl (C=O) groups excluding carboxylic acids is 1. The first-order valence-corrected chi connectivity index (χ1v) is 7.85. The monoisotopic (exact) mass is 282 g/mol. The minimum absolute atomic E-state index is 0.0849. The number of primary amides is 1. The molecule has 0 spiro atoms. The fourth-order valence-electron chi connectivity index (χ4n) is 2.45. The quantitative estimate of drug-likeness (QED) is 0.886. The van der Waals surface area contributed by atoms with E-state index in [2.05, 4.69) is 0 Å². The highest BCUT2D eigenvalue weighted by Crippen LogP contribution is 2.23. The van der Waals surface area contributed by atoms with Crippen molar-refractivity contribution in [3.8, 4) is 0 Å². The maximum atomic E-state index is 12.3. The van der Waals surface area contributed by atoms with Gasteiger partial charge in [0.05, 0.1) is 5.75 Å². The number of nitrogens with zero attached hydrogens (tertiary/aromatic N) is 1. The van der Waals surface area contributed by atoms with Gasteiger partial charge in [0.2, 0.25) is 15.9 Å². The number of carbonyl (C=O) groups is 1. The van der Waals surface area contributed by atoms with Crippen LogP contribution in [0.5, 0.6) is 0 Å². The standard InChI is InChI=1S/C13H18N2O3S/c1-10-4-2-5-11(8-10)9-19(17,18)15-7-3-6-12(15)13(14)16/h2,4-5,8,12H,3,6-7,9H2,1H3,(H2,14,16). The van der Waals surface area contributed by atoms with Crippen LogP contribution in [0, 0.1) is 6.92 Å². The van der Waals surface area contributed by atoms with Gasteiger partial charge in [0, 0.05) is 6.54 Å². The van der Waals surface area contributed by atoms with E-state index >= 15 is 0 Å². The fraction of sp³-hybridized carbons (Fsp3) is 0.462. The number of nitrogens with two attached hydrogens (primary N) is 1. The van der Waals surface area contributed by atoms with Crippen molar-refractivity contribution < 1.29 is 13.2 Å². The molecule has 1 aromatic carbocycles. The van der Waals surface area contributed by atoms with Gasteiger partial charge >= 0.3 is 0 Å². The molecule has 0 bridgehead atoms. The lowest BCUT2D eigenvalue weighted by molar-refractivity contribution is -0.121. The van der Waals surface area contributed by atoms with E-state index in [1.54, 1.807) is 6.07 Å². The number of benzene rings is 1. The Labute approximate surface area is 113 Å². The molecule has 2 N–H and O–H groups in total. The summed E-state index contributed by atoms with van der Waals surface area (Å²) in [6, 6.07) is 6.68. The Kier molecular flexibility index (Phi) is 3.91. The zero-order valence-electron chi connectivity index (χ0n) is 10.9. The molecule has 104 valence electrons. The van der Waals surface area contributed by atoms with Gasteiger partial charge in [0.25, 0.3) is 0 Å². The molecule has 2 rings (SSSR count). The Bertz CT molecular complexity index is 583. The summed E-state index contributed by atoms with van der Waals surface area (Å²) in [5, 5.41) is 0. The van der Waals surface area contributed by atoms with E-state index in [1.807, 2.05) is 25.1 Å². The lowest BCUT2D eigenvalue weighted by Crippen LogP contribution is -2.44. The van der Waals surface area contributed by atoms with Crippen LogP contribution in [0.25, 0.3) is 0 Å². The number of rotatable bonds is 4. The molecule has 1 amide bonds. The van der Waals surface area contributed by atoms with Gasteiger partial charge in [0.1, 0.15) is 6.04 Å². The minimum Gasteiger partial charge on any atom is -0.368 e. The van der Waals surface area contributed by atoms with Gasteiger partial charge in [-0.05, 0) is 25.3 Å². The average molecular weight is 282 g/mol. The highest BCUT2D eigenvalue weighted by Gasteiger charge is 2.37. The summed E-state index contributed by atoms with van der Waals surface area (Å²) in [5.41, 5.74) is 7.00. The van der Waals surface area contributed by atoms with Gasteiger partial charge in [-0.15, -0.1) is 0 Å². The molecule has 1 aromatic rings. The second kappa shape index (κ2) is 5.30. The van der Waals surface area contributed by atoms with Crippen molar-refractivity contribution in [1.82, 2.24) is 4.31 Å². The summed E-state index contributed by atoms with van der Waals surface area (Å²) < 4.78 is 25.9. The first-order chi connectivity index (χ1) is 8.90. The Hall–Kier alpha value is -1.40. The second-order valence-electron chi connectivity index (χ2n) is 4.92. The molecule has 1 fully saturated rings. The van der Waals surface area contributed by atoms with Crippen molar-refractivity contribution in [1.29, 1.82) is 0 Å². The van der Waals surface area contributed by atoms with Crippen molar-refractivity contribution >= 4 is 15.9 Å². The maximum Gasteiger partial charge on any atom is 0.235 e. The molecule has 0 aromatic heterocycles. The van der Waals surface area contributed by atoms with Crippen molar-refractivity contribution in [2.45, 2.75) is 31.6 Å². The SMILES string of the molecule is Cc1cccc(CS(=O)(=O)N2CCCC2C(N)=O)c1. The van der Waals surface area contributed by atoms with Crippen molar-refractivity contribution in [3.05, 3.63) is 35.4 Å². The van der Waals surface area contributed by atoms with Crippen molar-refractivity contribution in [2.75, 3.05) is 6.54 Å². The summed E-state index contributed by atoms with van der Waals surface area (Å²) in [6.07, 6.45) is 1.20. The molecule has 1 unspecified atom stereocenters. The van der Waals surface area contributed by atoms with Crippen molar-refractivity contribution in [3.63, 3.8) is 0 Å². The molecule has 0 radical (unpaired) electrons. The molecule has 5 nitrogen and oxygen atoms in total. The normalized spacial score (nSPS) is 20.6. The van der Waals surface area contributed by atoms with Gasteiger partial charge in [-0.2, -0.15) is 4.31 Å². The van der Waals surface area contributed by atoms with Gasteiger partial charge < -0.3 is 5.73 Å². The van der Waals surface area contributed by atoms with E-state index < -0.39 is 22.0 Å².